The van der Waals surface area contributed by atoms with E-state index >= 15 is 0 Å². The summed E-state index contributed by atoms with van der Waals surface area (Å²) in [6, 6.07) is 67.1. The van der Waals surface area contributed by atoms with E-state index in [9.17, 15) is 0 Å². The van der Waals surface area contributed by atoms with Gasteiger partial charge in [-0.2, -0.15) is 0 Å². The summed E-state index contributed by atoms with van der Waals surface area (Å²) in [6.45, 7) is 4.25. The molecule has 0 aliphatic carbocycles. The highest BCUT2D eigenvalue weighted by Crippen LogP contribution is 2.49. The van der Waals surface area contributed by atoms with Crippen LogP contribution >= 0.6 is 0 Å². The molecule has 7 aromatic carbocycles. The van der Waals surface area contributed by atoms with Gasteiger partial charge in [0.25, 0.3) is 0 Å². The van der Waals surface area contributed by atoms with Crippen molar-refractivity contribution in [3.63, 3.8) is 0 Å². The Balaban J connectivity index is 1.30. The number of hydrogen-bond donors (Lipinski definition) is 0. The summed E-state index contributed by atoms with van der Waals surface area (Å²) in [5.74, 6) is 0. The van der Waals surface area contributed by atoms with Gasteiger partial charge in [-0.05, 0) is 0 Å². The molecule has 6 saturated heterocycles. The second-order valence-electron chi connectivity index (χ2n) is 15.9. The molecular formula is C45H40O12Si8. The van der Waals surface area contributed by atoms with Crippen molar-refractivity contribution >= 4 is 107 Å². The van der Waals surface area contributed by atoms with Gasteiger partial charge in [0, 0.05) is 42.4 Å². The van der Waals surface area contributed by atoms with Crippen molar-refractivity contribution in [2.75, 3.05) is 0 Å². The molecule has 8 bridgehead atoms. The van der Waals surface area contributed by atoms with Crippen LogP contribution in [0.5, 0.6) is 0 Å². The van der Waals surface area contributed by atoms with Gasteiger partial charge in [0.15, 0.2) is 0 Å². The molecule has 20 heteroatoms. The molecule has 0 atom stereocenters. The van der Waals surface area contributed by atoms with Gasteiger partial charge in [-0.15, -0.1) is 6.58 Å². The summed E-state index contributed by atoms with van der Waals surface area (Å²) in [6.07, 6.45) is 1.72. The first-order chi connectivity index (χ1) is 31.8. The number of benzene rings is 7. The van der Waals surface area contributed by atoms with Crippen molar-refractivity contribution in [1.82, 2.24) is 0 Å². The van der Waals surface area contributed by atoms with Crippen LogP contribution in [0.4, 0.5) is 0 Å². The summed E-state index contributed by atoms with van der Waals surface area (Å²) in [5.41, 5.74) is 0. The van der Waals surface area contributed by atoms with E-state index in [2.05, 4.69) is 6.58 Å². The first-order valence-electron chi connectivity index (χ1n) is 21.2. The van der Waals surface area contributed by atoms with Crippen LogP contribution in [0, 0.1) is 0 Å². The fourth-order valence-corrected chi connectivity index (χ4v) is 54.8. The van der Waals surface area contributed by atoms with Crippen LogP contribution < -0.4 is 36.3 Å². The second-order valence-corrected chi connectivity index (χ2v) is 39.3. The Hall–Kier alpha value is -4.46. The van der Waals surface area contributed by atoms with Crippen molar-refractivity contribution in [3.05, 3.63) is 225 Å². The average molecular weight is 997 g/mol. The number of rotatable bonds is 9. The molecule has 6 fully saturated rings. The van der Waals surface area contributed by atoms with Crippen LogP contribution in [0.25, 0.3) is 0 Å². The minimum Gasteiger partial charge on any atom is -0.369 e. The summed E-state index contributed by atoms with van der Waals surface area (Å²) in [5, 5.41) is 4.03. The predicted octanol–water partition coefficient (Wildman–Crippen LogP) is 3.30. The van der Waals surface area contributed by atoms with E-state index < -0.39 is 70.4 Å². The van der Waals surface area contributed by atoms with E-state index in [4.69, 9.17) is 49.4 Å². The Morgan fingerprint density at radius 3 is 0.554 bits per heavy atom. The van der Waals surface area contributed by atoms with Crippen molar-refractivity contribution in [2.24, 2.45) is 0 Å². The van der Waals surface area contributed by atoms with Gasteiger partial charge < -0.3 is 49.4 Å². The van der Waals surface area contributed by atoms with Gasteiger partial charge in [-0.1, -0.05) is 218 Å². The fraction of sp³-hybridized carbons (Fsp3) is 0.0222. The highest BCUT2D eigenvalue weighted by atomic mass is 28.6. The zero-order valence-electron chi connectivity index (χ0n) is 34.6. The van der Waals surface area contributed by atoms with E-state index in [-0.39, 0.29) is 6.04 Å². The first kappa shape index (κ1) is 41.9. The molecule has 0 aromatic heterocycles. The summed E-state index contributed by atoms with van der Waals surface area (Å²) >= 11 is 0. The molecule has 7 aromatic rings. The van der Waals surface area contributed by atoms with Crippen molar-refractivity contribution in [1.29, 1.82) is 0 Å². The Morgan fingerprint density at radius 2 is 0.400 bits per heavy atom. The molecule has 13 rings (SSSR count). The molecule has 65 heavy (non-hydrogen) atoms. The van der Waals surface area contributed by atoms with Gasteiger partial charge in [-0.3, -0.25) is 0 Å². The molecule has 0 radical (unpaired) electrons. The van der Waals surface area contributed by atoms with Crippen LogP contribution in [0.2, 0.25) is 6.04 Å². The highest BCUT2D eigenvalue weighted by molar-refractivity contribution is 7.13. The van der Waals surface area contributed by atoms with Crippen molar-refractivity contribution in [3.8, 4) is 0 Å². The minimum absolute atomic E-state index is 0.0505. The molecule has 0 saturated carbocycles. The quantitative estimate of drug-likeness (QED) is 0.157. The lowest BCUT2D eigenvalue weighted by molar-refractivity contribution is -0.00587. The average Bonchev–Trinajstić information content (AvgIpc) is 3.33. The molecule has 0 amide bonds. The topological polar surface area (TPSA) is 111 Å². The molecule has 6 heterocycles. The third kappa shape index (κ3) is 6.86. The third-order valence-electron chi connectivity index (χ3n) is 11.6. The maximum absolute atomic E-state index is 8.04. The smallest absolute Gasteiger partial charge is 0.369 e. The van der Waals surface area contributed by atoms with Crippen LogP contribution in [0.3, 0.4) is 0 Å². The zero-order valence-corrected chi connectivity index (χ0v) is 42.6. The van der Waals surface area contributed by atoms with Crippen LogP contribution in [-0.4, -0.2) is 70.4 Å². The first-order valence-corrected chi connectivity index (χ1v) is 35.2. The predicted molar refractivity (Wildman–Crippen MR) is 257 cm³/mol. The number of allylic oxidation sites excluding steroid dienone is 1. The Morgan fingerprint density at radius 1 is 0.246 bits per heavy atom. The maximum atomic E-state index is 8.04. The molecule has 0 spiro atoms. The molecule has 324 valence electrons. The Bertz CT molecular complexity index is 2540. The Kier molecular flexibility index (Phi) is 10.2. The molecule has 6 aliphatic heterocycles. The van der Waals surface area contributed by atoms with Gasteiger partial charge >= 0.3 is 70.4 Å². The lowest BCUT2D eigenvalue weighted by Gasteiger charge is -2.62. The van der Waals surface area contributed by atoms with E-state index in [1.54, 1.807) is 6.08 Å². The van der Waals surface area contributed by atoms with Crippen LogP contribution in [-0.2, 0) is 49.4 Å². The molecule has 0 unspecified atom stereocenters. The van der Waals surface area contributed by atoms with E-state index in [1.165, 1.54) is 0 Å². The maximum Gasteiger partial charge on any atom is 0.515 e. The molecular weight excluding hydrogens is 957 g/mol. The lowest BCUT2D eigenvalue weighted by Crippen LogP contribution is -2.95. The van der Waals surface area contributed by atoms with Gasteiger partial charge in [0.1, 0.15) is 0 Å². The fourth-order valence-electron chi connectivity index (χ4n) is 8.74. The normalized spacial score (nSPS) is 34.6. The van der Waals surface area contributed by atoms with E-state index in [0.717, 1.165) is 0 Å². The molecule has 12 nitrogen and oxygen atoms in total. The van der Waals surface area contributed by atoms with E-state index in [0.29, 0.717) is 36.3 Å². The van der Waals surface area contributed by atoms with Crippen LogP contribution in [0.1, 0.15) is 0 Å². The van der Waals surface area contributed by atoms with Gasteiger partial charge in [0.2, 0.25) is 0 Å². The summed E-state index contributed by atoms with van der Waals surface area (Å²) in [7, 11) is -37.1. The van der Waals surface area contributed by atoms with E-state index in [1.807, 2.05) is 212 Å². The van der Waals surface area contributed by atoms with Crippen molar-refractivity contribution in [2.45, 2.75) is 6.04 Å². The molecule has 6 aliphatic rings. The minimum atomic E-state index is -4.70. The van der Waals surface area contributed by atoms with Gasteiger partial charge in [0.05, 0.1) is 0 Å². The third-order valence-corrected chi connectivity index (χ3v) is 46.0. The monoisotopic (exact) mass is 996 g/mol. The highest BCUT2D eigenvalue weighted by Gasteiger charge is 2.85. The summed E-state index contributed by atoms with van der Waals surface area (Å²) < 4.78 is 95.7. The van der Waals surface area contributed by atoms with Crippen molar-refractivity contribution < 1.29 is 49.4 Å². The largest absolute Gasteiger partial charge is 0.515 e. The Labute approximate surface area is 385 Å². The number of hydrogen-bond acceptors (Lipinski definition) is 12. The lowest BCUT2D eigenvalue weighted by atomic mass is 10.4. The second kappa shape index (κ2) is 15.8. The SMILES string of the molecule is C=CC[Si]12O[Si]3(c4ccccc4)O[Si]4(c5ccccc5)O[Si](c5ccccc5)(O1)O[Si]1(c5ccccc5)O[Si](c5ccccc5)(O2)O[Si](c2ccccc2)(O3)O[Si](c2ccccc2)(O4)O1. The summed E-state index contributed by atoms with van der Waals surface area (Å²) in [4.78, 5) is 0. The zero-order chi connectivity index (χ0) is 43.7. The molecule has 0 N–H and O–H groups in total. The van der Waals surface area contributed by atoms with Crippen LogP contribution in [0.15, 0.2) is 225 Å². The standard InChI is InChI=1S/C45H40O12Si8/c1-2-38-58-46-59(39-24-10-3-11-25-39)49-62(42-30-16-6-17-31-42)51-60(47-58,40-26-12-4-13-27-40)53-64(44-34-20-8-21-35-44)54-61(48-58,41-28-14-5-15-29-41)52-63(50-59,43-32-18-7-19-33-43)56-65(55-62,57-64)45-36-22-9-23-37-45/h2-37H,1,38H2. The van der Waals surface area contributed by atoms with Gasteiger partial charge in [-0.25, -0.2) is 0 Å².